The summed E-state index contributed by atoms with van der Waals surface area (Å²) in [7, 11) is -1.40. The molecule has 224 valence electrons. The van der Waals surface area contributed by atoms with Crippen molar-refractivity contribution >= 4 is 27.4 Å². The fraction of sp³-hybridized carbons (Fsp3) is 0.548. The van der Waals surface area contributed by atoms with Gasteiger partial charge in [-0.3, -0.25) is 9.59 Å². The van der Waals surface area contributed by atoms with Crippen LogP contribution in [0.1, 0.15) is 73.7 Å². The summed E-state index contributed by atoms with van der Waals surface area (Å²) in [5.74, 6) is 1.08. The van der Waals surface area contributed by atoms with Gasteiger partial charge in [-0.1, -0.05) is 26.2 Å². The van der Waals surface area contributed by atoms with E-state index in [2.05, 4.69) is 12.2 Å². The van der Waals surface area contributed by atoms with Crippen molar-refractivity contribution in [3.05, 3.63) is 53.6 Å². The number of amides is 1. The van der Waals surface area contributed by atoms with Crippen LogP contribution in [-0.4, -0.2) is 74.7 Å². The molecule has 0 radical (unpaired) electrons. The fourth-order valence-corrected chi connectivity index (χ4v) is 6.49. The number of nitrogens with one attached hydrogen (secondary N) is 1. The molecule has 2 aromatic carbocycles. The van der Waals surface area contributed by atoms with Gasteiger partial charge < -0.3 is 24.8 Å². The average molecular weight is 587 g/mol. The number of sulfone groups is 1. The van der Waals surface area contributed by atoms with Crippen LogP contribution in [0.15, 0.2) is 42.5 Å². The molecule has 3 unspecified atom stereocenters. The van der Waals surface area contributed by atoms with Crippen LogP contribution in [0.4, 0.5) is 5.69 Å². The highest BCUT2D eigenvalue weighted by molar-refractivity contribution is 7.90. The third kappa shape index (κ3) is 8.38. The zero-order valence-corrected chi connectivity index (χ0v) is 25.0. The lowest BCUT2D eigenvalue weighted by molar-refractivity contribution is -0.137. The zero-order valence-electron chi connectivity index (χ0n) is 24.2. The van der Waals surface area contributed by atoms with Crippen LogP contribution in [0.3, 0.4) is 0 Å². The molecule has 1 amide bonds. The van der Waals surface area contributed by atoms with Crippen LogP contribution >= 0.6 is 0 Å². The summed E-state index contributed by atoms with van der Waals surface area (Å²) in [5, 5.41) is 12.7. The number of nitrogens with zero attached hydrogens (tertiary/aromatic N) is 1. The summed E-state index contributed by atoms with van der Waals surface area (Å²) in [5.41, 5.74) is 2.51. The number of ether oxygens (including phenoxy) is 2. The van der Waals surface area contributed by atoms with Gasteiger partial charge in [-0.2, -0.15) is 0 Å². The van der Waals surface area contributed by atoms with Crippen molar-refractivity contribution in [3.8, 4) is 11.5 Å². The first-order valence-electron chi connectivity index (χ1n) is 14.5. The van der Waals surface area contributed by atoms with Gasteiger partial charge in [0.05, 0.1) is 24.8 Å². The molecule has 3 atom stereocenters. The summed E-state index contributed by atoms with van der Waals surface area (Å²) in [6.07, 6.45) is 7.38. The number of carbonyl (C=O) groups is 2. The van der Waals surface area contributed by atoms with E-state index in [1.807, 2.05) is 30.3 Å². The highest BCUT2D eigenvalue weighted by atomic mass is 32.2. The summed E-state index contributed by atoms with van der Waals surface area (Å²) >= 11 is 0. The number of benzene rings is 2. The van der Waals surface area contributed by atoms with Crippen LogP contribution in [0, 0.1) is 5.92 Å². The molecular formula is C31H42N2O7S. The van der Waals surface area contributed by atoms with Gasteiger partial charge in [0.2, 0.25) is 0 Å². The normalized spacial score (nSPS) is 19.6. The Bertz CT molecular complexity index is 1310. The smallest absolute Gasteiger partial charge is 0.305 e. The van der Waals surface area contributed by atoms with Gasteiger partial charge in [-0.05, 0) is 67.6 Å². The highest BCUT2D eigenvalue weighted by Crippen LogP contribution is 2.44. The highest BCUT2D eigenvalue weighted by Gasteiger charge is 2.41. The van der Waals surface area contributed by atoms with Crippen molar-refractivity contribution in [3.63, 3.8) is 0 Å². The summed E-state index contributed by atoms with van der Waals surface area (Å²) < 4.78 is 35.2. The van der Waals surface area contributed by atoms with Gasteiger partial charge in [0, 0.05) is 42.6 Å². The molecule has 1 heterocycles. The molecule has 1 saturated carbocycles. The number of carboxylic acids is 1. The van der Waals surface area contributed by atoms with Crippen LogP contribution in [0.2, 0.25) is 0 Å². The van der Waals surface area contributed by atoms with Crippen molar-refractivity contribution in [2.24, 2.45) is 5.92 Å². The lowest BCUT2D eigenvalue weighted by atomic mass is 9.78. The van der Waals surface area contributed by atoms with Crippen molar-refractivity contribution in [2.45, 2.75) is 69.9 Å². The Labute approximate surface area is 243 Å². The summed E-state index contributed by atoms with van der Waals surface area (Å²) in [4.78, 5) is 25.0. The SMILES string of the molecule is CC1c2cc(OCCCS(C)(=O)=O)ccc2OC1C(Nc1ccc(C(=O)N(C)CCC(=O)O)cc1)C1CCCCC1. The molecule has 0 aromatic heterocycles. The number of aliphatic carboxylic acids is 1. The van der Waals surface area contributed by atoms with Gasteiger partial charge in [0.1, 0.15) is 27.4 Å². The largest absolute Gasteiger partial charge is 0.494 e. The molecule has 1 aliphatic carbocycles. The Hall–Kier alpha value is -3.27. The number of fused-ring (bicyclic) bond motifs is 1. The van der Waals surface area contributed by atoms with Crippen LogP contribution in [0.5, 0.6) is 11.5 Å². The van der Waals surface area contributed by atoms with Gasteiger partial charge >= 0.3 is 5.97 Å². The number of hydrogen-bond donors (Lipinski definition) is 2. The second-order valence-electron chi connectivity index (χ2n) is 11.4. The van der Waals surface area contributed by atoms with E-state index in [0.717, 1.165) is 29.8 Å². The molecule has 1 fully saturated rings. The van der Waals surface area contributed by atoms with E-state index < -0.39 is 15.8 Å². The fourth-order valence-electron chi connectivity index (χ4n) is 5.85. The molecule has 41 heavy (non-hydrogen) atoms. The standard InChI is InChI=1S/C31H42N2O7S/c1-21-26-20-25(39-18-7-19-41(3,37)38)14-15-27(26)40-30(21)29(22-8-5-4-6-9-22)32-24-12-10-23(11-13-24)31(36)33(2)17-16-28(34)35/h10-15,20-22,29-30,32H,4-9,16-19H2,1-3H3,(H,34,35). The van der Waals surface area contributed by atoms with Crippen molar-refractivity contribution < 1.29 is 32.6 Å². The van der Waals surface area contributed by atoms with Gasteiger partial charge in [-0.25, -0.2) is 8.42 Å². The van der Waals surface area contributed by atoms with E-state index in [-0.39, 0.29) is 42.7 Å². The number of hydrogen-bond acceptors (Lipinski definition) is 7. The van der Waals surface area contributed by atoms with Gasteiger partial charge in [0.15, 0.2) is 0 Å². The summed E-state index contributed by atoms with van der Waals surface area (Å²) in [6.45, 7) is 2.67. The molecule has 0 bridgehead atoms. The third-order valence-corrected chi connectivity index (χ3v) is 9.17. The maximum Gasteiger partial charge on any atom is 0.305 e. The molecule has 0 saturated heterocycles. The van der Waals surface area contributed by atoms with Gasteiger partial charge in [-0.15, -0.1) is 0 Å². The van der Waals surface area contributed by atoms with Crippen molar-refractivity contribution in [2.75, 3.05) is 37.5 Å². The predicted molar refractivity (Wildman–Crippen MR) is 159 cm³/mol. The van der Waals surface area contributed by atoms with E-state index in [4.69, 9.17) is 14.6 Å². The lowest BCUT2D eigenvalue weighted by Gasteiger charge is -2.36. The Morgan fingerprint density at radius 1 is 1.12 bits per heavy atom. The molecule has 2 aliphatic rings. The van der Waals surface area contributed by atoms with Crippen LogP contribution < -0.4 is 14.8 Å². The molecular weight excluding hydrogens is 544 g/mol. The Balaban J connectivity index is 1.45. The summed E-state index contributed by atoms with van der Waals surface area (Å²) in [6, 6.07) is 13.3. The quantitative estimate of drug-likeness (QED) is 0.316. The minimum atomic E-state index is -3.01. The topological polar surface area (TPSA) is 122 Å². The molecule has 0 spiro atoms. The maximum atomic E-state index is 12.7. The zero-order chi connectivity index (χ0) is 29.6. The Kier molecular flexibility index (Phi) is 10.2. The van der Waals surface area contributed by atoms with E-state index in [9.17, 15) is 18.0 Å². The Morgan fingerprint density at radius 2 is 1.83 bits per heavy atom. The van der Waals surface area contributed by atoms with E-state index >= 15 is 0 Å². The van der Waals surface area contributed by atoms with E-state index in [0.29, 0.717) is 30.3 Å². The second-order valence-corrected chi connectivity index (χ2v) is 13.7. The molecule has 2 N–H and O–H groups in total. The lowest BCUT2D eigenvalue weighted by Crippen LogP contribution is -2.44. The van der Waals surface area contributed by atoms with Crippen molar-refractivity contribution in [1.29, 1.82) is 0 Å². The van der Waals surface area contributed by atoms with E-state index in [1.165, 1.54) is 30.4 Å². The second kappa shape index (κ2) is 13.6. The average Bonchev–Trinajstić information content (AvgIpc) is 3.27. The van der Waals surface area contributed by atoms with E-state index in [1.54, 1.807) is 19.2 Å². The first-order valence-corrected chi connectivity index (χ1v) is 16.5. The van der Waals surface area contributed by atoms with Gasteiger partial charge in [0.25, 0.3) is 5.91 Å². The monoisotopic (exact) mass is 586 g/mol. The molecule has 2 aromatic rings. The first-order chi connectivity index (χ1) is 19.5. The molecule has 1 aliphatic heterocycles. The molecule has 10 heteroatoms. The minimum absolute atomic E-state index is 0.0663. The minimum Gasteiger partial charge on any atom is -0.494 e. The Morgan fingerprint density at radius 3 is 2.49 bits per heavy atom. The maximum absolute atomic E-state index is 12.7. The number of rotatable bonds is 13. The number of carbonyl (C=O) groups excluding carboxylic acids is 1. The molecule has 4 rings (SSSR count). The molecule has 9 nitrogen and oxygen atoms in total. The van der Waals surface area contributed by atoms with Crippen molar-refractivity contribution in [1.82, 2.24) is 4.90 Å². The van der Waals surface area contributed by atoms with Crippen LogP contribution in [0.25, 0.3) is 0 Å². The van der Waals surface area contributed by atoms with Crippen LogP contribution in [-0.2, 0) is 14.6 Å². The first kappa shape index (κ1) is 30.7. The number of anilines is 1. The number of carboxylic acid groups (broad SMARTS) is 1. The predicted octanol–water partition coefficient (Wildman–Crippen LogP) is 4.97. The third-order valence-electron chi connectivity index (χ3n) is 8.14.